The zero-order valence-electron chi connectivity index (χ0n) is 9.38. The molecule has 0 saturated heterocycles. The molecule has 0 saturated carbocycles. The molecule has 1 heterocycles. The van der Waals surface area contributed by atoms with Crippen LogP contribution in [0.1, 0.15) is 25.6 Å². The zero-order valence-corrected chi connectivity index (χ0v) is 9.38. The Morgan fingerprint density at radius 1 is 1.33 bits per heavy atom. The zero-order chi connectivity index (χ0) is 11.4. The molecule has 0 aromatic carbocycles. The lowest BCUT2D eigenvalue weighted by atomic mass is 10.2. The van der Waals surface area contributed by atoms with Crippen LogP contribution in [0.25, 0.3) is 0 Å². The van der Waals surface area contributed by atoms with Gasteiger partial charge < -0.3 is 15.1 Å². The highest BCUT2D eigenvalue weighted by molar-refractivity contribution is 5.43. The minimum Gasteiger partial charge on any atom is -0.392 e. The Morgan fingerprint density at radius 3 is 2.40 bits per heavy atom. The first-order valence-electron chi connectivity index (χ1n) is 5.04. The monoisotopic (exact) mass is 210 g/mol. The standard InChI is InChI=1S/C11H18N2O2/c1-8(14)7-13(3)10-4-5-11(9(2)15)12-6-10/h4-6,8-9,14-15H,7H2,1-3H3/t8?,9-/m0/s1. The Balaban J connectivity index is 2.71. The summed E-state index contributed by atoms with van der Waals surface area (Å²) >= 11 is 0. The van der Waals surface area contributed by atoms with Gasteiger partial charge in [-0.3, -0.25) is 4.98 Å². The number of hydrogen-bond donors (Lipinski definition) is 2. The second-order valence-corrected chi connectivity index (χ2v) is 3.85. The quantitative estimate of drug-likeness (QED) is 0.777. The van der Waals surface area contributed by atoms with Crippen LogP contribution >= 0.6 is 0 Å². The van der Waals surface area contributed by atoms with E-state index in [1.807, 2.05) is 18.0 Å². The van der Waals surface area contributed by atoms with Crippen LogP contribution in [0, 0.1) is 0 Å². The summed E-state index contributed by atoms with van der Waals surface area (Å²) in [5, 5.41) is 18.5. The molecular weight excluding hydrogens is 192 g/mol. The van der Waals surface area contributed by atoms with Crippen molar-refractivity contribution in [2.75, 3.05) is 18.5 Å². The van der Waals surface area contributed by atoms with Gasteiger partial charge in [0.15, 0.2) is 0 Å². The fraction of sp³-hybridized carbons (Fsp3) is 0.545. The summed E-state index contributed by atoms with van der Waals surface area (Å²) in [5.41, 5.74) is 1.59. The number of likely N-dealkylation sites (N-methyl/N-ethyl adjacent to an activating group) is 1. The Kier molecular flexibility index (Phi) is 4.05. The number of pyridine rings is 1. The molecule has 2 N–H and O–H groups in total. The lowest BCUT2D eigenvalue weighted by Crippen LogP contribution is -2.26. The van der Waals surface area contributed by atoms with Crippen LogP contribution in [0.15, 0.2) is 18.3 Å². The topological polar surface area (TPSA) is 56.6 Å². The van der Waals surface area contributed by atoms with Gasteiger partial charge in [0.1, 0.15) is 0 Å². The fourth-order valence-corrected chi connectivity index (χ4v) is 1.37. The van der Waals surface area contributed by atoms with E-state index in [4.69, 9.17) is 0 Å². The molecule has 0 radical (unpaired) electrons. The third kappa shape index (κ3) is 3.49. The van der Waals surface area contributed by atoms with E-state index in [0.717, 1.165) is 5.69 Å². The summed E-state index contributed by atoms with van der Waals surface area (Å²) in [6.45, 7) is 3.99. The van der Waals surface area contributed by atoms with Gasteiger partial charge in [-0.05, 0) is 26.0 Å². The van der Waals surface area contributed by atoms with Crippen molar-refractivity contribution in [3.63, 3.8) is 0 Å². The first-order chi connectivity index (χ1) is 7.00. The predicted octanol–water partition coefficient (Wildman–Crippen LogP) is 0.952. The summed E-state index contributed by atoms with van der Waals surface area (Å²) in [6, 6.07) is 3.68. The van der Waals surface area contributed by atoms with E-state index in [0.29, 0.717) is 12.2 Å². The molecule has 4 nitrogen and oxygen atoms in total. The largest absolute Gasteiger partial charge is 0.392 e. The van der Waals surface area contributed by atoms with E-state index in [9.17, 15) is 10.2 Å². The van der Waals surface area contributed by atoms with Gasteiger partial charge in [0.2, 0.25) is 0 Å². The van der Waals surface area contributed by atoms with Gasteiger partial charge in [0.05, 0.1) is 29.8 Å². The average molecular weight is 210 g/mol. The van der Waals surface area contributed by atoms with Gasteiger partial charge in [-0.15, -0.1) is 0 Å². The van der Waals surface area contributed by atoms with Crippen molar-refractivity contribution in [1.29, 1.82) is 0 Å². The van der Waals surface area contributed by atoms with Crippen LogP contribution in [0.2, 0.25) is 0 Å². The van der Waals surface area contributed by atoms with Gasteiger partial charge >= 0.3 is 0 Å². The molecule has 0 spiro atoms. The van der Waals surface area contributed by atoms with Crippen LogP contribution in [-0.2, 0) is 0 Å². The van der Waals surface area contributed by atoms with E-state index >= 15 is 0 Å². The third-order valence-electron chi connectivity index (χ3n) is 2.18. The Labute approximate surface area is 90.2 Å². The molecule has 0 fully saturated rings. The van der Waals surface area contributed by atoms with Crippen molar-refractivity contribution in [3.05, 3.63) is 24.0 Å². The first kappa shape index (κ1) is 11.9. The number of aliphatic hydroxyl groups is 2. The second-order valence-electron chi connectivity index (χ2n) is 3.85. The Bertz CT molecular complexity index is 296. The van der Waals surface area contributed by atoms with Crippen molar-refractivity contribution in [2.45, 2.75) is 26.1 Å². The van der Waals surface area contributed by atoms with Gasteiger partial charge in [-0.1, -0.05) is 0 Å². The van der Waals surface area contributed by atoms with Crippen LogP contribution in [0.4, 0.5) is 5.69 Å². The Morgan fingerprint density at radius 2 is 2.00 bits per heavy atom. The van der Waals surface area contributed by atoms with Gasteiger partial charge in [0.25, 0.3) is 0 Å². The molecule has 0 aliphatic heterocycles. The number of anilines is 1. The molecule has 0 aliphatic carbocycles. The molecule has 4 heteroatoms. The average Bonchev–Trinajstić information content (AvgIpc) is 2.17. The van der Waals surface area contributed by atoms with Crippen LogP contribution in [0.5, 0.6) is 0 Å². The highest BCUT2D eigenvalue weighted by Crippen LogP contribution is 2.15. The molecule has 0 aliphatic rings. The van der Waals surface area contributed by atoms with Crippen molar-refractivity contribution in [3.8, 4) is 0 Å². The molecule has 1 aromatic heterocycles. The summed E-state index contributed by atoms with van der Waals surface area (Å²) in [7, 11) is 1.89. The predicted molar refractivity (Wildman–Crippen MR) is 59.8 cm³/mol. The second kappa shape index (κ2) is 5.09. The minimum atomic E-state index is -0.541. The van der Waals surface area contributed by atoms with Crippen molar-refractivity contribution in [2.24, 2.45) is 0 Å². The maximum absolute atomic E-state index is 9.28. The number of aromatic nitrogens is 1. The molecule has 0 amide bonds. The molecule has 84 valence electrons. The summed E-state index contributed by atoms with van der Waals surface area (Å²) < 4.78 is 0. The fourth-order valence-electron chi connectivity index (χ4n) is 1.37. The van der Waals surface area contributed by atoms with E-state index in [-0.39, 0.29) is 6.10 Å². The Hall–Kier alpha value is -1.13. The van der Waals surface area contributed by atoms with E-state index in [2.05, 4.69) is 4.98 Å². The first-order valence-corrected chi connectivity index (χ1v) is 5.04. The number of nitrogens with zero attached hydrogens (tertiary/aromatic N) is 2. The van der Waals surface area contributed by atoms with Crippen LogP contribution < -0.4 is 4.90 Å². The maximum Gasteiger partial charge on any atom is 0.0931 e. The van der Waals surface area contributed by atoms with Crippen molar-refractivity contribution < 1.29 is 10.2 Å². The van der Waals surface area contributed by atoms with E-state index < -0.39 is 6.10 Å². The van der Waals surface area contributed by atoms with Crippen LogP contribution in [-0.4, -0.2) is 34.9 Å². The molecule has 0 bridgehead atoms. The molecule has 1 unspecified atom stereocenters. The smallest absolute Gasteiger partial charge is 0.0931 e. The molecule has 1 rings (SSSR count). The van der Waals surface area contributed by atoms with Gasteiger partial charge in [-0.25, -0.2) is 0 Å². The van der Waals surface area contributed by atoms with Gasteiger partial charge in [0, 0.05) is 13.6 Å². The summed E-state index contributed by atoms with van der Waals surface area (Å²) in [5.74, 6) is 0. The summed E-state index contributed by atoms with van der Waals surface area (Å²) in [6.07, 6.45) is 0.789. The highest BCUT2D eigenvalue weighted by atomic mass is 16.3. The van der Waals surface area contributed by atoms with Crippen molar-refractivity contribution >= 4 is 5.69 Å². The lowest BCUT2D eigenvalue weighted by molar-refractivity contribution is 0.194. The number of aliphatic hydroxyl groups excluding tert-OH is 2. The van der Waals surface area contributed by atoms with E-state index in [1.165, 1.54) is 0 Å². The molecule has 15 heavy (non-hydrogen) atoms. The molecule has 2 atom stereocenters. The normalized spacial score (nSPS) is 14.7. The number of rotatable bonds is 4. The summed E-state index contributed by atoms with van der Waals surface area (Å²) in [4.78, 5) is 6.05. The third-order valence-corrected chi connectivity index (χ3v) is 2.18. The van der Waals surface area contributed by atoms with Crippen molar-refractivity contribution in [1.82, 2.24) is 4.98 Å². The van der Waals surface area contributed by atoms with Crippen LogP contribution in [0.3, 0.4) is 0 Å². The maximum atomic E-state index is 9.28. The van der Waals surface area contributed by atoms with Gasteiger partial charge in [-0.2, -0.15) is 0 Å². The SMILES string of the molecule is CC(O)CN(C)c1ccc([C@H](C)O)nc1. The highest BCUT2D eigenvalue weighted by Gasteiger charge is 2.06. The molecular formula is C11H18N2O2. The minimum absolute atomic E-state index is 0.369. The van der Waals surface area contributed by atoms with E-state index in [1.54, 1.807) is 26.1 Å². The molecule has 1 aromatic rings. The lowest BCUT2D eigenvalue weighted by Gasteiger charge is -2.20. The number of hydrogen-bond acceptors (Lipinski definition) is 4.